The average Bonchev–Trinajstić information content (AvgIpc) is 2.70. The van der Waals surface area contributed by atoms with E-state index >= 15 is 0 Å². The standard InChI is InChI=1S/C15H22N2O10/c1-24-13(22)7-3-6(9(17-16-7)14(23)25-2)5-26-15-12(21)11(20)10(19)8(4-18)27-15/h7-8,10-12,15,18-21H,3-5H2,1-2H3/t7?,8?,10-,11-,12?,15+/m0/s1. The van der Waals surface area contributed by atoms with Crippen LogP contribution < -0.4 is 0 Å². The van der Waals surface area contributed by atoms with Crippen molar-refractivity contribution in [2.45, 2.75) is 43.2 Å². The third kappa shape index (κ3) is 4.66. The Kier molecular flexibility index (Phi) is 7.35. The molecule has 2 rings (SSSR count). The predicted octanol–water partition coefficient (Wildman–Crippen LogP) is -2.37. The minimum Gasteiger partial charge on any atom is -0.467 e. The smallest absolute Gasteiger partial charge is 0.358 e. The van der Waals surface area contributed by atoms with Crippen LogP contribution in [-0.4, -0.2) is 96.5 Å². The van der Waals surface area contributed by atoms with Crippen molar-refractivity contribution in [2.75, 3.05) is 27.4 Å². The Morgan fingerprint density at radius 3 is 2.44 bits per heavy atom. The van der Waals surface area contributed by atoms with Gasteiger partial charge in [-0.2, -0.15) is 5.11 Å². The van der Waals surface area contributed by atoms with Crippen LogP contribution in [0.25, 0.3) is 0 Å². The summed E-state index contributed by atoms with van der Waals surface area (Å²) >= 11 is 0. The Balaban J connectivity index is 2.14. The molecule has 0 saturated carbocycles. The molecule has 0 spiro atoms. The molecule has 0 amide bonds. The Morgan fingerprint density at radius 2 is 1.85 bits per heavy atom. The van der Waals surface area contributed by atoms with Gasteiger partial charge in [0, 0.05) is 6.42 Å². The van der Waals surface area contributed by atoms with E-state index < -0.39 is 55.3 Å². The first kappa shape index (κ1) is 21.3. The minimum absolute atomic E-state index is 0.0436. The molecule has 152 valence electrons. The lowest BCUT2D eigenvalue weighted by Crippen LogP contribution is -2.59. The van der Waals surface area contributed by atoms with Gasteiger partial charge in [0.1, 0.15) is 24.4 Å². The highest BCUT2D eigenvalue weighted by Gasteiger charge is 2.44. The maximum absolute atomic E-state index is 11.8. The second kappa shape index (κ2) is 9.30. The van der Waals surface area contributed by atoms with E-state index in [1.165, 1.54) is 7.11 Å². The van der Waals surface area contributed by atoms with Crippen molar-refractivity contribution in [1.29, 1.82) is 0 Å². The summed E-state index contributed by atoms with van der Waals surface area (Å²) in [6, 6.07) is -0.975. The predicted molar refractivity (Wildman–Crippen MR) is 84.0 cm³/mol. The van der Waals surface area contributed by atoms with Crippen LogP contribution in [0.2, 0.25) is 0 Å². The number of esters is 2. The highest BCUT2D eigenvalue weighted by molar-refractivity contribution is 5.89. The van der Waals surface area contributed by atoms with Crippen LogP contribution in [0.15, 0.2) is 21.5 Å². The van der Waals surface area contributed by atoms with Crippen LogP contribution in [-0.2, 0) is 28.5 Å². The number of aliphatic hydroxyl groups excluding tert-OH is 4. The highest BCUT2D eigenvalue weighted by atomic mass is 16.7. The van der Waals surface area contributed by atoms with Gasteiger partial charge in [0.15, 0.2) is 18.0 Å². The van der Waals surface area contributed by atoms with Crippen LogP contribution in [0, 0.1) is 0 Å². The van der Waals surface area contributed by atoms with Crippen molar-refractivity contribution in [3.63, 3.8) is 0 Å². The molecule has 12 heteroatoms. The fourth-order valence-corrected chi connectivity index (χ4v) is 2.63. The van der Waals surface area contributed by atoms with Crippen molar-refractivity contribution in [3.8, 4) is 0 Å². The third-order valence-electron chi connectivity index (χ3n) is 4.19. The van der Waals surface area contributed by atoms with Crippen LogP contribution in [0.4, 0.5) is 0 Å². The summed E-state index contributed by atoms with van der Waals surface area (Å²) in [6.07, 6.45) is -7.33. The molecule has 4 N–H and O–H groups in total. The zero-order valence-electron chi connectivity index (χ0n) is 14.7. The molecule has 0 bridgehead atoms. The van der Waals surface area contributed by atoms with Crippen LogP contribution in [0.3, 0.4) is 0 Å². The van der Waals surface area contributed by atoms with Gasteiger partial charge in [0.25, 0.3) is 0 Å². The maximum Gasteiger partial charge on any atom is 0.358 e. The molecule has 12 nitrogen and oxygen atoms in total. The molecule has 3 unspecified atom stereocenters. The summed E-state index contributed by atoms with van der Waals surface area (Å²) in [5, 5.41) is 46.1. The van der Waals surface area contributed by atoms with Gasteiger partial charge in [0.2, 0.25) is 0 Å². The van der Waals surface area contributed by atoms with E-state index in [-0.39, 0.29) is 24.3 Å². The van der Waals surface area contributed by atoms with Gasteiger partial charge in [-0.3, -0.25) is 0 Å². The fraction of sp³-hybridized carbons (Fsp3) is 0.733. The number of methoxy groups -OCH3 is 2. The molecule has 6 atom stereocenters. The van der Waals surface area contributed by atoms with E-state index in [0.29, 0.717) is 0 Å². The van der Waals surface area contributed by atoms with Gasteiger partial charge in [-0.15, -0.1) is 5.11 Å². The largest absolute Gasteiger partial charge is 0.467 e. The molecular formula is C15H22N2O10. The summed E-state index contributed by atoms with van der Waals surface area (Å²) < 4.78 is 19.8. The van der Waals surface area contributed by atoms with E-state index in [1.807, 2.05) is 0 Å². The number of aliphatic hydroxyl groups is 4. The first-order valence-corrected chi connectivity index (χ1v) is 8.05. The fourth-order valence-electron chi connectivity index (χ4n) is 2.63. The van der Waals surface area contributed by atoms with E-state index in [1.54, 1.807) is 0 Å². The Morgan fingerprint density at radius 1 is 1.15 bits per heavy atom. The number of ether oxygens (including phenoxy) is 4. The van der Waals surface area contributed by atoms with Crippen molar-refractivity contribution in [2.24, 2.45) is 10.2 Å². The Bertz CT molecular complexity index is 620. The molecular weight excluding hydrogens is 368 g/mol. The number of rotatable bonds is 6. The molecule has 0 aromatic heterocycles. The average molecular weight is 390 g/mol. The Labute approximate surface area is 154 Å². The summed E-state index contributed by atoms with van der Waals surface area (Å²) in [4.78, 5) is 23.5. The summed E-state index contributed by atoms with van der Waals surface area (Å²) in [5.74, 6) is -1.46. The molecule has 2 aliphatic rings. The van der Waals surface area contributed by atoms with Crippen LogP contribution >= 0.6 is 0 Å². The second-order valence-corrected chi connectivity index (χ2v) is 5.91. The molecule has 0 radical (unpaired) electrons. The number of hydrogen-bond acceptors (Lipinski definition) is 12. The van der Waals surface area contributed by atoms with E-state index in [9.17, 15) is 30.0 Å². The lowest BCUT2D eigenvalue weighted by Gasteiger charge is -2.39. The number of azo groups is 1. The lowest BCUT2D eigenvalue weighted by molar-refractivity contribution is -0.299. The van der Waals surface area contributed by atoms with Crippen molar-refractivity contribution in [1.82, 2.24) is 0 Å². The zero-order valence-corrected chi connectivity index (χ0v) is 14.7. The van der Waals surface area contributed by atoms with E-state index in [4.69, 9.17) is 9.47 Å². The van der Waals surface area contributed by atoms with Gasteiger partial charge in [0.05, 0.1) is 27.4 Å². The molecule has 1 fully saturated rings. The number of hydrogen-bond donors (Lipinski definition) is 4. The third-order valence-corrected chi connectivity index (χ3v) is 4.19. The molecule has 0 aliphatic carbocycles. The topological polar surface area (TPSA) is 177 Å². The summed E-state index contributed by atoms with van der Waals surface area (Å²) in [5.41, 5.74) is 0.0754. The quantitative estimate of drug-likeness (QED) is 0.358. The first-order valence-electron chi connectivity index (χ1n) is 8.05. The van der Waals surface area contributed by atoms with Gasteiger partial charge < -0.3 is 39.4 Å². The first-order chi connectivity index (χ1) is 12.8. The van der Waals surface area contributed by atoms with Gasteiger partial charge in [-0.05, 0) is 5.57 Å². The van der Waals surface area contributed by atoms with Gasteiger partial charge in [-0.1, -0.05) is 0 Å². The second-order valence-electron chi connectivity index (χ2n) is 5.91. The number of carbonyl (C=O) groups excluding carboxylic acids is 2. The number of nitrogens with zero attached hydrogens (tertiary/aromatic N) is 2. The maximum atomic E-state index is 11.8. The highest BCUT2D eigenvalue weighted by Crippen LogP contribution is 2.26. The summed E-state index contributed by atoms with van der Waals surface area (Å²) in [6.45, 7) is -0.931. The van der Waals surface area contributed by atoms with Gasteiger partial charge >= 0.3 is 11.9 Å². The molecule has 0 aromatic carbocycles. The minimum atomic E-state index is -1.61. The molecule has 0 aromatic rings. The molecule has 1 saturated heterocycles. The number of carbonyl (C=O) groups is 2. The van der Waals surface area contributed by atoms with Crippen molar-refractivity contribution < 1.29 is 49.0 Å². The molecule has 2 aliphatic heterocycles. The molecule has 27 heavy (non-hydrogen) atoms. The normalized spacial score (nSPS) is 33.7. The Hall–Kier alpha value is -1.96. The zero-order chi connectivity index (χ0) is 20.1. The lowest BCUT2D eigenvalue weighted by atomic mass is 9.99. The SMILES string of the molecule is COC(=O)C1=C(CO[C@@H]2OC(CO)[C@H](O)[C@H](O)C2O)CC(C(=O)OC)N=N1. The van der Waals surface area contributed by atoms with Gasteiger partial charge in [-0.25, -0.2) is 9.59 Å². The summed E-state index contributed by atoms with van der Waals surface area (Å²) in [7, 11) is 2.33. The van der Waals surface area contributed by atoms with Crippen LogP contribution in [0.1, 0.15) is 6.42 Å². The van der Waals surface area contributed by atoms with Crippen molar-refractivity contribution in [3.05, 3.63) is 11.3 Å². The van der Waals surface area contributed by atoms with Crippen molar-refractivity contribution >= 4 is 11.9 Å². The van der Waals surface area contributed by atoms with Crippen LogP contribution in [0.5, 0.6) is 0 Å². The molecule has 2 heterocycles. The monoisotopic (exact) mass is 390 g/mol. The van der Waals surface area contributed by atoms with E-state index in [0.717, 1.165) is 7.11 Å². The van der Waals surface area contributed by atoms with E-state index in [2.05, 4.69) is 19.7 Å².